The third-order valence-electron chi connectivity index (χ3n) is 2.76. The monoisotopic (exact) mass is 247 g/mol. The minimum Gasteiger partial charge on any atom is -0.370 e. The van der Waals surface area contributed by atoms with Gasteiger partial charge in [0.25, 0.3) is 5.69 Å². The van der Waals surface area contributed by atoms with Gasteiger partial charge in [0, 0.05) is 25.2 Å². The van der Waals surface area contributed by atoms with Crippen molar-refractivity contribution in [3.8, 4) is 6.07 Å². The van der Waals surface area contributed by atoms with Gasteiger partial charge < -0.3 is 4.90 Å². The number of nitro groups is 1. The maximum atomic E-state index is 10.6. The molecule has 0 aliphatic carbocycles. The average molecular weight is 247 g/mol. The molecule has 0 unspecified atom stereocenters. The molecule has 18 heavy (non-hydrogen) atoms. The molecule has 0 amide bonds. The van der Waals surface area contributed by atoms with E-state index in [4.69, 9.17) is 5.26 Å². The first-order chi connectivity index (χ1) is 8.72. The second-order valence-corrected chi connectivity index (χ2v) is 3.76. The highest BCUT2D eigenvalue weighted by Crippen LogP contribution is 2.27. The molecule has 0 saturated carbocycles. The van der Waals surface area contributed by atoms with E-state index in [0.29, 0.717) is 5.56 Å². The van der Waals surface area contributed by atoms with Gasteiger partial charge in [-0.3, -0.25) is 10.1 Å². The highest BCUT2D eigenvalue weighted by molar-refractivity contribution is 5.63. The molecule has 0 atom stereocenters. The number of non-ortho nitro benzene ring substituents is 1. The standard InChI is InChI=1S/C11H11N3O2.C2H6/c12-8-9-7-10(14(15)16)3-4-11(9)13-5-1-2-6-13;1-2/h3-4,7H,1-2,5-6H2;1-2H3. The summed E-state index contributed by atoms with van der Waals surface area (Å²) < 4.78 is 0. The van der Waals surface area contributed by atoms with Gasteiger partial charge in [0.2, 0.25) is 0 Å². The number of hydrogen-bond donors (Lipinski definition) is 0. The van der Waals surface area contributed by atoms with Crippen LogP contribution in [0.5, 0.6) is 0 Å². The Kier molecular flexibility index (Phi) is 5.12. The van der Waals surface area contributed by atoms with Crippen LogP contribution < -0.4 is 4.90 Å². The van der Waals surface area contributed by atoms with Crippen molar-refractivity contribution in [3.63, 3.8) is 0 Å². The van der Waals surface area contributed by atoms with E-state index in [1.807, 2.05) is 19.9 Å². The SMILES string of the molecule is CC.N#Cc1cc([N+](=O)[O-])ccc1N1CCCC1. The van der Waals surface area contributed by atoms with Gasteiger partial charge in [0.1, 0.15) is 6.07 Å². The van der Waals surface area contributed by atoms with E-state index in [2.05, 4.69) is 4.90 Å². The Morgan fingerprint density at radius 1 is 1.33 bits per heavy atom. The summed E-state index contributed by atoms with van der Waals surface area (Å²) in [6.07, 6.45) is 2.23. The Bertz CT molecular complexity index is 460. The van der Waals surface area contributed by atoms with E-state index in [9.17, 15) is 10.1 Å². The van der Waals surface area contributed by atoms with Crippen LogP contribution in [0.1, 0.15) is 32.3 Å². The predicted molar refractivity (Wildman–Crippen MR) is 70.6 cm³/mol. The van der Waals surface area contributed by atoms with Crippen molar-refractivity contribution < 1.29 is 4.92 Å². The Balaban J connectivity index is 0.000000771. The first-order valence-corrected chi connectivity index (χ1v) is 6.16. The molecule has 5 nitrogen and oxygen atoms in total. The molecule has 96 valence electrons. The van der Waals surface area contributed by atoms with Gasteiger partial charge >= 0.3 is 0 Å². The third kappa shape index (κ3) is 2.98. The van der Waals surface area contributed by atoms with Crippen molar-refractivity contribution >= 4 is 11.4 Å². The third-order valence-corrected chi connectivity index (χ3v) is 2.76. The van der Waals surface area contributed by atoms with Crippen molar-refractivity contribution in [2.24, 2.45) is 0 Å². The second-order valence-electron chi connectivity index (χ2n) is 3.76. The fraction of sp³-hybridized carbons (Fsp3) is 0.462. The van der Waals surface area contributed by atoms with Crippen LogP contribution in [0.3, 0.4) is 0 Å². The van der Waals surface area contributed by atoms with Crippen LogP contribution in [0, 0.1) is 21.4 Å². The summed E-state index contributed by atoms with van der Waals surface area (Å²) in [6, 6.07) is 6.48. The molecule has 0 radical (unpaired) electrons. The van der Waals surface area contributed by atoms with E-state index < -0.39 is 4.92 Å². The molecule has 0 spiro atoms. The fourth-order valence-corrected chi connectivity index (χ4v) is 1.96. The summed E-state index contributed by atoms with van der Waals surface area (Å²) in [6.45, 7) is 5.85. The molecule has 1 heterocycles. The lowest BCUT2D eigenvalue weighted by Gasteiger charge is -2.18. The lowest BCUT2D eigenvalue weighted by atomic mass is 10.1. The number of nitro benzene ring substituents is 1. The molecule has 1 aromatic carbocycles. The van der Waals surface area contributed by atoms with Crippen LogP contribution in [-0.2, 0) is 0 Å². The predicted octanol–water partition coefficient (Wildman–Crippen LogP) is 3.09. The Morgan fingerprint density at radius 2 is 1.94 bits per heavy atom. The second kappa shape index (κ2) is 6.60. The maximum Gasteiger partial charge on any atom is 0.270 e. The van der Waals surface area contributed by atoms with Crippen LogP contribution in [0.25, 0.3) is 0 Å². The minimum absolute atomic E-state index is 0.0282. The van der Waals surface area contributed by atoms with Gasteiger partial charge in [-0.05, 0) is 18.9 Å². The number of anilines is 1. The lowest BCUT2D eigenvalue weighted by molar-refractivity contribution is -0.384. The van der Waals surface area contributed by atoms with Gasteiger partial charge in [0.05, 0.1) is 16.2 Å². The first kappa shape index (κ1) is 14.0. The highest BCUT2D eigenvalue weighted by Gasteiger charge is 2.18. The summed E-state index contributed by atoms with van der Waals surface area (Å²) in [7, 11) is 0. The summed E-state index contributed by atoms with van der Waals surface area (Å²) in [5.41, 5.74) is 1.17. The van der Waals surface area contributed by atoms with E-state index in [1.54, 1.807) is 6.07 Å². The lowest BCUT2D eigenvalue weighted by Crippen LogP contribution is -2.18. The van der Waals surface area contributed by atoms with E-state index in [1.165, 1.54) is 12.1 Å². The van der Waals surface area contributed by atoms with Crippen molar-refractivity contribution in [2.45, 2.75) is 26.7 Å². The van der Waals surface area contributed by atoms with Gasteiger partial charge in [0.15, 0.2) is 0 Å². The molecule has 1 saturated heterocycles. The fourth-order valence-electron chi connectivity index (χ4n) is 1.96. The van der Waals surface area contributed by atoms with E-state index in [-0.39, 0.29) is 5.69 Å². The number of benzene rings is 1. The number of hydrogen-bond acceptors (Lipinski definition) is 4. The van der Waals surface area contributed by atoms with E-state index >= 15 is 0 Å². The van der Waals surface area contributed by atoms with Gasteiger partial charge in [-0.2, -0.15) is 5.26 Å². The smallest absolute Gasteiger partial charge is 0.270 e. The molecule has 0 bridgehead atoms. The quantitative estimate of drug-likeness (QED) is 0.594. The van der Waals surface area contributed by atoms with Crippen molar-refractivity contribution in [2.75, 3.05) is 18.0 Å². The Hall–Kier alpha value is -2.09. The Labute approximate surface area is 107 Å². The van der Waals surface area contributed by atoms with Crippen LogP contribution in [0.15, 0.2) is 18.2 Å². The maximum absolute atomic E-state index is 10.6. The molecule has 1 aliphatic heterocycles. The largest absolute Gasteiger partial charge is 0.370 e. The minimum atomic E-state index is -0.478. The first-order valence-electron chi connectivity index (χ1n) is 6.16. The highest BCUT2D eigenvalue weighted by atomic mass is 16.6. The van der Waals surface area contributed by atoms with Crippen molar-refractivity contribution in [3.05, 3.63) is 33.9 Å². The van der Waals surface area contributed by atoms with Crippen LogP contribution in [0.4, 0.5) is 11.4 Å². The average Bonchev–Trinajstić information content (AvgIpc) is 2.94. The number of nitrogens with zero attached hydrogens (tertiary/aromatic N) is 3. The van der Waals surface area contributed by atoms with Crippen LogP contribution in [-0.4, -0.2) is 18.0 Å². The zero-order valence-corrected chi connectivity index (χ0v) is 10.7. The molecule has 1 fully saturated rings. The molecule has 1 aromatic rings. The molecular formula is C13H17N3O2. The zero-order valence-electron chi connectivity index (χ0n) is 10.7. The number of rotatable bonds is 2. The summed E-state index contributed by atoms with van der Waals surface area (Å²) in [4.78, 5) is 12.2. The normalized spacial score (nSPS) is 13.5. The van der Waals surface area contributed by atoms with Crippen molar-refractivity contribution in [1.82, 2.24) is 0 Å². The van der Waals surface area contributed by atoms with Gasteiger partial charge in [-0.25, -0.2) is 0 Å². The van der Waals surface area contributed by atoms with Crippen LogP contribution in [0.2, 0.25) is 0 Å². The van der Waals surface area contributed by atoms with Gasteiger partial charge in [-0.15, -0.1) is 0 Å². The molecular weight excluding hydrogens is 230 g/mol. The van der Waals surface area contributed by atoms with Gasteiger partial charge in [-0.1, -0.05) is 13.8 Å². The zero-order chi connectivity index (χ0) is 13.5. The molecule has 5 heteroatoms. The topological polar surface area (TPSA) is 70.2 Å². The van der Waals surface area contributed by atoms with Crippen molar-refractivity contribution in [1.29, 1.82) is 5.26 Å². The van der Waals surface area contributed by atoms with E-state index in [0.717, 1.165) is 31.6 Å². The summed E-state index contributed by atoms with van der Waals surface area (Å²) >= 11 is 0. The molecule has 0 aromatic heterocycles. The molecule has 0 N–H and O–H groups in total. The molecule has 2 rings (SSSR count). The Morgan fingerprint density at radius 3 is 2.44 bits per heavy atom. The molecule has 1 aliphatic rings. The summed E-state index contributed by atoms with van der Waals surface area (Å²) in [5, 5.41) is 19.6. The number of nitriles is 1. The van der Waals surface area contributed by atoms with Crippen LogP contribution >= 0.6 is 0 Å². The summed E-state index contributed by atoms with van der Waals surface area (Å²) in [5.74, 6) is 0.